The number of aliphatic hydroxyl groups is 1. The van der Waals surface area contributed by atoms with Gasteiger partial charge in [-0.15, -0.1) is 0 Å². The van der Waals surface area contributed by atoms with Gasteiger partial charge in [-0.05, 0) is 52.9 Å². The molecule has 4 nitrogen and oxygen atoms in total. The molecule has 4 heteroatoms. The van der Waals surface area contributed by atoms with Crippen molar-refractivity contribution in [3.05, 3.63) is 0 Å². The first-order valence-electron chi connectivity index (χ1n) is 6.97. The Labute approximate surface area is 108 Å². The summed E-state index contributed by atoms with van der Waals surface area (Å²) < 4.78 is 5.46. The lowest BCUT2D eigenvalue weighted by atomic mass is 9.79. The maximum atomic E-state index is 12.2. The van der Waals surface area contributed by atoms with Crippen LogP contribution in [0.5, 0.6) is 0 Å². The maximum absolute atomic E-state index is 12.2. The molecular weight excluding hydrogens is 230 g/mol. The number of ether oxygens (including phenoxy) is 1. The topological polar surface area (TPSA) is 49.8 Å². The van der Waals surface area contributed by atoms with Crippen molar-refractivity contribution in [2.24, 2.45) is 5.41 Å². The fourth-order valence-electron chi connectivity index (χ4n) is 3.72. The molecule has 0 spiro atoms. The van der Waals surface area contributed by atoms with Crippen molar-refractivity contribution in [2.45, 2.75) is 70.1 Å². The Hall–Kier alpha value is -0.770. The van der Waals surface area contributed by atoms with Crippen LogP contribution in [0.15, 0.2) is 0 Å². The molecule has 1 N–H and O–H groups in total. The molecule has 3 rings (SSSR count). The first kappa shape index (κ1) is 12.3. The van der Waals surface area contributed by atoms with Crippen LogP contribution in [0.4, 0.5) is 4.79 Å². The molecule has 102 valence electrons. The predicted molar refractivity (Wildman–Crippen MR) is 67.2 cm³/mol. The van der Waals surface area contributed by atoms with E-state index in [9.17, 15) is 9.90 Å². The molecule has 18 heavy (non-hydrogen) atoms. The zero-order chi connectivity index (χ0) is 13.2. The van der Waals surface area contributed by atoms with Crippen molar-refractivity contribution >= 4 is 6.09 Å². The van der Waals surface area contributed by atoms with Crippen molar-refractivity contribution in [3.63, 3.8) is 0 Å². The van der Waals surface area contributed by atoms with E-state index in [-0.39, 0.29) is 17.6 Å². The van der Waals surface area contributed by atoms with Gasteiger partial charge in [0.05, 0.1) is 5.60 Å². The molecular formula is C14H23NO3. The van der Waals surface area contributed by atoms with Gasteiger partial charge in [-0.2, -0.15) is 0 Å². The summed E-state index contributed by atoms with van der Waals surface area (Å²) in [6.45, 7) is 6.36. The second-order valence-electron chi connectivity index (χ2n) is 7.32. The fourth-order valence-corrected chi connectivity index (χ4v) is 3.72. The van der Waals surface area contributed by atoms with Gasteiger partial charge in [-0.1, -0.05) is 0 Å². The Balaban J connectivity index is 1.72. The first-order valence-corrected chi connectivity index (χ1v) is 6.97. The quantitative estimate of drug-likeness (QED) is 0.780. The van der Waals surface area contributed by atoms with Gasteiger partial charge in [0.25, 0.3) is 0 Å². The van der Waals surface area contributed by atoms with Crippen molar-refractivity contribution < 1.29 is 14.6 Å². The number of likely N-dealkylation sites (tertiary alicyclic amines) is 1. The number of amides is 1. The number of hydrogen-bond donors (Lipinski definition) is 1. The second-order valence-corrected chi connectivity index (χ2v) is 7.32. The number of carbonyl (C=O) groups excluding carboxylic acids is 1. The summed E-state index contributed by atoms with van der Waals surface area (Å²) in [6.07, 6.45) is 4.64. The highest BCUT2D eigenvalue weighted by Crippen LogP contribution is 2.62. The van der Waals surface area contributed by atoms with Gasteiger partial charge < -0.3 is 14.7 Å². The van der Waals surface area contributed by atoms with Gasteiger partial charge in [-0.25, -0.2) is 4.79 Å². The summed E-state index contributed by atoms with van der Waals surface area (Å²) >= 11 is 0. The summed E-state index contributed by atoms with van der Waals surface area (Å²) in [5, 5.41) is 10.5. The van der Waals surface area contributed by atoms with Gasteiger partial charge >= 0.3 is 6.09 Å². The number of hydrogen-bond acceptors (Lipinski definition) is 3. The molecule has 0 aromatic heterocycles. The minimum Gasteiger partial charge on any atom is -0.444 e. The number of fused-ring (bicyclic) bond motifs is 2. The largest absolute Gasteiger partial charge is 0.444 e. The molecule has 0 aromatic carbocycles. The Kier molecular flexibility index (Phi) is 2.32. The van der Waals surface area contributed by atoms with E-state index in [2.05, 4.69) is 0 Å². The average Bonchev–Trinajstić information content (AvgIpc) is 2.77. The van der Waals surface area contributed by atoms with Crippen LogP contribution in [0.3, 0.4) is 0 Å². The highest BCUT2D eigenvalue weighted by Gasteiger charge is 2.66. The third-order valence-electron chi connectivity index (χ3n) is 4.84. The third-order valence-corrected chi connectivity index (χ3v) is 4.84. The summed E-state index contributed by atoms with van der Waals surface area (Å²) in [4.78, 5) is 14.0. The number of nitrogens with zero attached hydrogens (tertiary/aromatic N) is 1. The molecule has 1 aliphatic heterocycles. The summed E-state index contributed by atoms with van der Waals surface area (Å²) in [5.41, 5.74) is -0.963. The predicted octanol–water partition coefficient (Wildman–Crippen LogP) is 2.30. The molecule has 2 atom stereocenters. The van der Waals surface area contributed by atoms with Crippen LogP contribution in [0.1, 0.15) is 52.9 Å². The minimum atomic E-state index is -0.488. The van der Waals surface area contributed by atoms with E-state index in [0.29, 0.717) is 6.54 Å². The smallest absolute Gasteiger partial charge is 0.410 e. The molecule has 3 fully saturated rings. The lowest BCUT2D eigenvalue weighted by Gasteiger charge is -2.36. The summed E-state index contributed by atoms with van der Waals surface area (Å²) in [7, 11) is 0. The molecule has 1 amide bonds. The standard InChI is InChI=1S/C14H23NO3/c1-12(2,3)18-11(16)15-9-13(14(17)6-7-14)5-4-10(15)8-13/h10,17H,4-9H2,1-3H3. The number of carbonyl (C=O) groups is 1. The highest BCUT2D eigenvalue weighted by molar-refractivity contribution is 5.69. The van der Waals surface area contributed by atoms with Gasteiger partial charge in [0.1, 0.15) is 5.60 Å². The van der Waals surface area contributed by atoms with E-state index in [1.54, 1.807) is 0 Å². The summed E-state index contributed by atoms with van der Waals surface area (Å²) in [5.74, 6) is 0. The zero-order valence-corrected chi connectivity index (χ0v) is 11.5. The van der Waals surface area contributed by atoms with Crippen molar-refractivity contribution in [1.82, 2.24) is 4.90 Å². The first-order chi connectivity index (χ1) is 8.25. The normalized spacial score (nSPS) is 36.9. The van der Waals surface area contributed by atoms with Crippen LogP contribution in [0.25, 0.3) is 0 Å². The Morgan fingerprint density at radius 1 is 1.33 bits per heavy atom. The monoisotopic (exact) mass is 253 g/mol. The van der Waals surface area contributed by atoms with Crippen LogP contribution in [0.2, 0.25) is 0 Å². The van der Waals surface area contributed by atoms with Gasteiger partial charge in [-0.3, -0.25) is 0 Å². The lowest BCUT2D eigenvalue weighted by molar-refractivity contribution is -0.0141. The lowest BCUT2D eigenvalue weighted by Crippen LogP contribution is -2.46. The van der Waals surface area contributed by atoms with E-state index in [1.165, 1.54) is 0 Å². The highest BCUT2D eigenvalue weighted by atomic mass is 16.6. The molecule has 2 unspecified atom stereocenters. The Morgan fingerprint density at radius 3 is 2.56 bits per heavy atom. The SMILES string of the molecule is CC(C)(C)OC(=O)N1CC2(C3(O)CC3)CCC1C2. The Morgan fingerprint density at radius 2 is 2.00 bits per heavy atom. The van der Waals surface area contributed by atoms with E-state index in [0.717, 1.165) is 32.1 Å². The molecule has 2 bridgehead atoms. The van der Waals surface area contributed by atoms with Crippen LogP contribution in [0, 0.1) is 5.41 Å². The van der Waals surface area contributed by atoms with E-state index < -0.39 is 11.2 Å². The zero-order valence-electron chi connectivity index (χ0n) is 11.5. The minimum absolute atomic E-state index is 0.0332. The Bertz CT molecular complexity index is 383. The number of rotatable bonds is 1. The summed E-state index contributed by atoms with van der Waals surface area (Å²) in [6, 6.07) is 0.282. The third kappa shape index (κ3) is 1.73. The average molecular weight is 253 g/mol. The van der Waals surface area contributed by atoms with Crippen LogP contribution < -0.4 is 0 Å². The van der Waals surface area contributed by atoms with Gasteiger partial charge in [0, 0.05) is 18.0 Å². The van der Waals surface area contributed by atoms with Gasteiger partial charge in [0.2, 0.25) is 0 Å². The molecule has 2 saturated carbocycles. The molecule has 1 saturated heterocycles. The maximum Gasteiger partial charge on any atom is 0.410 e. The van der Waals surface area contributed by atoms with E-state index >= 15 is 0 Å². The molecule has 0 radical (unpaired) electrons. The van der Waals surface area contributed by atoms with E-state index in [4.69, 9.17) is 4.74 Å². The number of piperidine rings is 1. The van der Waals surface area contributed by atoms with Crippen LogP contribution in [-0.4, -0.2) is 39.9 Å². The van der Waals surface area contributed by atoms with Crippen molar-refractivity contribution in [2.75, 3.05) is 6.54 Å². The van der Waals surface area contributed by atoms with Crippen molar-refractivity contribution in [1.29, 1.82) is 0 Å². The molecule has 2 aliphatic carbocycles. The van der Waals surface area contributed by atoms with E-state index in [1.807, 2.05) is 25.7 Å². The fraction of sp³-hybridized carbons (Fsp3) is 0.929. The molecule has 0 aromatic rings. The van der Waals surface area contributed by atoms with Crippen LogP contribution >= 0.6 is 0 Å². The van der Waals surface area contributed by atoms with Crippen molar-refractivity contribution in [3.8, 4) is 0 Å². The van der Waals surface area contributed by atoms with Crippen LogP contribution in [-0.2, 0) is 4.74 Å². The molecule has 1 heterocycles. The van der Waals surface area contributed by atoms with Gasteiger partial charge in [0.15, 0.2) is 0 Å². The molecule has 3 aliphatic rings. The second kappa shape index (κ2) is 3.41.